The van der Waals surface area contributed by atoms with Crippen LogP contribution in [0.2, 0.25) is 10.0 Å². The summed E-state index contributed by atoms with van der Waals surface area (Å²) < 4.78 is 0. The van der Waals surface area contributed by atoms with Gasteiger partial charge < -0.3 is 5.11 Å². The summed E-state index contributed by atoms with van der Waals surface area (Å²) in [6.45, 7) is 0. The van der Waals surface area contributed by atoms with Crippen LogP contribution in [0.3, 0.4) is 0 Å². The Morgan fingerprint density at radius 3 is 2.53 bits per heavy atom. The molecular formula is C12H12Cl2O. The summed E-state index contributed by atoms with van der Waals surface area (Å²) in [5.74, 6) is 0.821. The van der Waals surface area contributed by atoms with E-state index in [9.17, 15) is 5.11 Å². The van der Waals surface area contributed by atoms with Crippen LogP contribution in [0.25, 0.3) is 0 Å². The van der Waals surface area contributed by atoms with E-state index in [4.69, 9.17) is 23.2 Å². The van der Waals surface area contributed by atoms with Crippen molar-refractivity contribution in [3.63, 3.8) is 0 Å². The van der Waals surface area contributed by atoms with Crippen molar-refractivity contribution in [1.82, 2.24) is 0 Å². The van der Waals surface area contributed by atoms with Crippen LogP contribution in [0.15, 0.2) is 18.2 Å². The fourth-order valence-corrected chi connectivity index (χ4v) is 3.59. The summed E-state index contributed by atoms with van der Waals surface area (Å²) in [5.41, 5.74) is 0.145. The first-order chi connectivity index (χ1) is 7.15. The second-order valence-corrected chi connectivity index (χ2v) is 5.36. The SMILES string of the molecule is OC1(c2cccc(Cl)c2Cl)C2CCCC21. The van der Waals surface area contributed by atoms with Gasteiger partial charge in [0.25, 0.3) is 0 Å². The first-order valence-electron chi connectivity index (χ1n) is 5.32. The molecule has 2 atom stereocenters. The van der Waals surface area contributed by atoms with Crippen molar-refractivity contribution in [2.45, 2.75) is 24.9 Å². The Labute approximate surface area is 99.0 Å². The van der Waals surface area contributed by atoms with Gasteiger partial charge in [0.05, 0.1) is 15.6 Å². The Bertz CT molecular complexity index is 406. The van der Waals surface area contributed by atoms with Crippen LogP contribution in [-0.4, -0.2) is 5.11 Å². The van der Waals surface area contributed by atoms with Crippen LogP contribution < -0.4 is 0 Å². The van der Waals surface area contributed by atoms with Gasteiger partial charge in [-0.15, -0.1) is 0 Å². The minimum absolute atomic E-state index is 0.411. The topological polar surface area (TPSA) is 20.2 Å². The van der Waals surface area contributed by atoms with Crippen molar-refractivity contribution in [2.24, 2.45) is 11.8 Å². The first-order valence-corrected chi connectivity index (χ1v) is 6.08. The standard InChI is InChI=1S/C12H12Cl2O/c13-10-6-2-5-9(11(10)14)12(15)7-3-1-4-8(7)12/h2,5-8,15H,1,3-4H2. The van der Waals surface area contributed by atoms with E-state index in [0.29, 0.717) is 21.9 Å². The zero-order chi connectivity index (χ0) is 10.6. The Morgan fingerprint density at radius 2 is 1.87 bits per heavy atom. The van der Waals surface area contributed by atoms with E-state index in [2.05, 4.69) is 0 Å². The minimum atomic E-state index is -0.680. The van der Waals surface area contributed by atoms with Crippen LogP contribution in [0, 0.1) is 11.8 Å². The molecule has 0 aliphatic heterocycles. The third kappa shape index (κ3) is 1.20. The number of hydrogen-bond acceptors (Lipinski definition) is 1. The molecule has 3 rings (SSSR count). The number of hydrogen-bond donors (Lipinski definition) is 1. The fourth-order valence-electron chi connectivity index (χ4n) is 3.13. The maximum Gasteiger partial charge on any atom is 0.0975 e. The normalized spacial score (nSPS) is 37.8. The van der Waals surface area contributed by atoms with E-state index >= 15 is 0 Å². The summed E-state index contributed by atoms with van der Waals surface area (Å²) >= 11 is 12.1. The van der Waals surface area contributed by atoms with Gasteiger partial charge in [-0.2, -0.15) is 0 Å². The quantitative estimate of drug-likeness (QED) is 0.798. The highest BCUT2D eigenvalue weighted by atomic mass is 35.5. The van der Waals surface area contributed by atoms with Crippen molar-refractivity contribution in [3.8, 4) is 0 Å². The maximum atomic E-state index is 10.5. The molecule has 0 aromatic heterocycles. The number of fused-ring (bicyclic) bond motifs is 1. The van der Waals surface area contributed by atoms with Crippen molar-refractivity contribution in [2.75, 3.05) is 0 Å². The molecule has 2 unspecified atom stereocenters. The lowest BCUT2D eigenvalue weighted by atomic mass is 9.99. The van der Waals surface area contributed by atoms with Gasteiger partial charge >= 0.3 is 0 Å². The average Bonchev–Trinajstić information content (AvgIpc) is 2.67. The summed E-state index contributed by atoms with van der Waals surface area (Å²) in [4.78, 5) is 0. The molecule has 1 aromatic carbocycles. The number of benzene rings is 1. The Balaban J connectivity index is 2.04. The number of rotatable bonds is 1. The van der Waals surface area contributed by atoms with E-state index in [1.165, 1.54) is 6.42 Å². The highest BCUT2D eigenvalue weighted by Gasteiger charge is 2.66. The van der Waals surface area contributed by atoms with Crippen LogP contribution in [0.5, 0.6) is 0 Å². The van der Waals surface area contributed by atoms with E-state index in [-0.39, 0.29) is 0 Å². The molecule has 2 aliphatic carbocycles. The summed E-state index contributed by atoms with van der Waals surface area (Å²) in [6.07, 6.45) is 3.46. The largest absolute Gasteiger partial charge is 0.385 e. The third-order valence-electron chi connectivity index (χ3n) is 3.92. The molecule has 80 valence electrons. The molecule has 0 heterocycles. The summed E-state index contributed by atoms with van der Waals surface area (Å²) in [5, 5.41) is 11.6. The van der Waals surface area contributed by atoms with Gasteiger partial charge in [0.2, 0.25) is 0 Å². The lowest BCUT2D eigenvalue weighted by Gasteiger charge is -2.16. The van der Waals surface area contributed by atoms with E-state index in [0.717, 1.165) is 18.4 Å². The minimum Gasteiger partial charge on any atom is -0.385 e. The van der Waals surface area contributed by atoms with Gasteiger partial charge in [0.1, 0.15) is 0 Å². The van der Waals surface area contributed by atoms with Crippen LogP contribution in [0.1, 0.15) is 24.8 Å². The molecule has 1 N–H and O–H groups in total. The molecule has 2 fully saturated rings. The first kappa shape index (κ1) is 9.95. The summed E-state index contributed by atoms with van der Waals surface area (Å²) in [6, 6.07) is 5.51. The second kappa shape index (κ2) is 3.13. The number of halogens is 2. The average molecular weight is 243 g/mol. The van der Waals surface area contributed by atoms with Gasteiger partial charge in [0, 0.05) is 5.56 Å². The van der Waals surface area contributed by atoms with Crippen molar-refractivity contribution >= 4 is 23.2 Å². The van der Waals surface area contributed by atoms with Gasteiger partial charge in [0.15, 0.2) is 0 Å². The lowest BCUT2D eigenvalue weighted by Crippen LogP contribution is -2.13. The van der Waals surface area contributed by atoms with Gasteiger partial charge in [-0.05, 0) is 30.7 Å². The molecule has 3 heteroatoms. The van der Waals surface area contributed by atoms with E-state index in [1.807, 2.05) is 12.1 Å². The van der Waals surface area contributed by atoms with E-state index in [1.54, 1.807) is 6.07 Å². The predicted molar refractivity (Wildman–Crippen MR) is 61.2 cm³/mol. The van der Waals surface area contributed by atoms with Gasteiger partial charge in [-0.3, -0.25) is 0 Å². The van der Waals surface area contributed by atoms with Gasteiger partial charge in [-0.1, -0.05) is 41.8 Å². The molecule has 0 amide bonds. The molecule has 15 heavy (non-hydrogen) atoms. The van der Waals surface area contributed by atoms with Crippen molar-refractivity contribution < 1.29 is 5.11 Å². The Hall–Kier alpha value is -0.240. The van der Waals surface area contributed by atoms with Crippen LogP contribution in [-0.2, 0) is 5.60 Å². The molecular weight excluding hydrogens is 231 g/mol. The van der Waals surface area contributed by atoms with Crippen LogP contribution >= 0.6 is 23.2 Å². The molecule has 2 aliphatic rings. The smallest absolute Gasteiger partial charge is 0.0975 e. The van der Waals surface area contributed by atoms with Crippen molar-refractivity contribution in [3.05, 3.63) is 33.8 Å². The zero-order valence-electron chi connectivity index (χ0n) is 8.21. The number of aliphatic hydroxyl groups is 1. The highest BCUT2D eigenvalue weighted by molar-refractivity contribution is 6.42. The maximum absolute atomic E-state index is 10.5. The third-order valence-corrected chi connectivity index (χ3v) is 4.74. The molecule has 0 radical (unpaired) electrons. The molecule has 1 aromatic rings. The van der Waals surface area contributed by atoms with Crippen molar-refractivity contribution in [1.29, 1.82) is 0 Å². The predicted octanol–water partition coefficient (Wildman–Crippen LogP) is 3.61. The van der Waals surface area contributed by atoms with E-state index < -0.39 is 5.60 Å². The highest BCUT2D eigenvalue weighted by Crippen LogP contribution is 2.67. The van der Waals surface area contributed by atoms with Gasteiger partial charge in [-0.25, -0.2) is 0 Å². The monoisotopic (exact) mass is 242 g/mol. The Kier molecular flexibility index (Phi) is 2.08. The molecule has 0 bridgehead atoms. The summed E-state index contributed by atoms with van der Waals surface area (Å²) in [7, 11) is 0. The molecule has 2 saturated carbocycles. The van der Waals surface area contributed by atoms with Crippen LogP contribution in [0.4, 0.5) is 0 Å². The fraction of sp³-hybridized carbons (Fsp3) is 0.500. The molecule has 0 spiro atoms. The molecule has 0 saturated heterocycles. The second-order valence-electron chi connectivity index (χ2n) is 4.57. The lowest BCUT2D eigenvalue weighted by molar-refractivity contribution is 0.105. The molecule has 1 nitrogen and oxygen atoms in total. The zero-order valence-corrected chi connectivity index (χ0v) is 9.72. The Morgan fingerprint density at radius 1 is 1.20 bits per heavy atom.